The van der Waals surface area contributed by atoms with Crippen molar-refractivity contribution in [3.63, 3.8) is 0 Å². The van der Waals surface area contributed by atoms with E-state index in [0.29, 0.717) is 24.4 Å². The number of sulfonamides is 1. The maximum Gasteiger partial charge on any atom is 0.265 e. The van der Waals surface area contributed by atoms with Crippen LogP contribution in [-0.4, -0.2) is 27.0 Å². The van der Waals surface area contributed by atoms with Crippen molar-refractivity contribution >= 4 is 27.3 Å². The maximum absolute atomic E-state index is 13.1. The molecule has 4 rings (SSSR count). The van der Waals surface area contributed by atoms with Crippen LogP contribution in [0.2, 0.25) is 0 Å². The number of carbonyl (C=O) groups excluding carboxylic acids is 1. The molecule has 0 bridgehead atoms. The fourth-order valence-corrected chi connectivity index (χ4v) is 5.07. The van der Waals surface area contributed by atoms with E-state index in [2.05, 4.69) is 5.32 Å². The Morgan fingerprint density at radius 3 is 2.42 bits per heavy atom. The first-order chi connectivity index (χ1) is 14.9. The number of hydrogen-bond donors (Lipinski definition) is 1. The number of hydrogen-bond acceptors (Lipinski definition) is 4. The highest BCUT2D eigenvalue weighted by molar-refractivity contribution is 7.92. The lowest BCUT2D eigenvalue weighted by atomic mass is 10.2. The quantitative estimate of drug-likeness (QED) is 0.630. The average molecular weight is 437 g/mol. The highest BCUT2D eigenvalue weighted by atomic mass is 32.2. The van der Waals surface area contributed by atoms with Gasteiger partial charge in [0.15, 0.2) is 6.10 Å². The van der Waals surface area contributed by atoms with Crippen molar-refractivity contribution in [2.24, 2.45) is 0 Å². The van der Waals surface area contributed by atoms with Crippen LogP contribution in [0.3, 0.4) is 0 Å². The summed E-state index contributed by atoms with van der Waals surface area (Å²) in [5.41, 5.74) is 3.20. The molecule has 1 atom stereocenters. The van der Waals surface area contributed by atoms with Gasteiger partial charge in [-0.05, 0) is 67.8 Å². The Kier molecular flexibility index (Phi) is 5.69. The number of benzene rings is 3. The van der Waals surface area contributed by atoms with E-state index in [1.807, 2.05) is 55.5 Å². The second-order valence-corrected chi connectivity index (χ2v) is 9.36. The van der Waals surface area contributed by atoms with Gasteiger partial charge in [-0.25, -0.2) is 8.42 Å². The summed E-state index contributed by atoms with van der Waals surface area (Å²) in [4.78, 5) is 12.7. The maximum atomic E-state index is 13.1. The first-order valence-corrected chi connectivity index (χ1v) is 11.5. The minimum atomic E-state index is -3.66. The van der Waals surface area contributed by atoms with Crippen molar-refractivity contribution < 1.29 is 17.9 Å². The number of ether oxygens (including phenoxy) is 1. The predicted molar refractivity (Wildman–Crippen MR) is 121 cm³/mol. The third-order valence-electron chi connectivity index (χ3n) is 5.32. The molecule has 1 amide bonds. The fourth-order valence-electron chi connectivity index (χ4n) is 3.57. The highest BCUT2D eigenvalue weighted by Gasteiger charge is 2.30. The summed E-state index contributed by atoms with van der Waals surface area (Å²) >= 11 is 0. The molecule has 0 aromatic heterocycles. The molecular weight excluding hydrogens is 412 g/mol. The zero-order valence-electron chi connectivity index (χ0n) is 17.4. The highest BCUT2D eigenvalue weighted by Crippen LogP contribution is 2.32. The zero-order chi connectivity index (χ0) is 22.0. The van der Waals surface area contributed by atoms with Crippen molar-refractivity contribution in [3.05, 3.63) is 83.9 Å². The lowest BCUT2D eigenvalue weighted by Gasteiger charge is -2.20. The van der Waals surface area contributed by atoms with E-state index in [0.717, 1.165) is 16.8 Å². The average Bonchev–Trinajstić information content (AvgIpc) is 3.21. The molecule has 1 aliphatic rings. The lowest BCUT2D eigenvalue weighted by Crippen LogP contribution is -2.30. The molecule has 0 aliphatic carbocycles. The Morgan fingerprint density at radius 1 is 1.00 bits per heavy atom. The van der Waals surface area contributed by atoms with Crippen molar-refractivity contribution in [2.45, 2.75) is 31.3 Å². The van der Waals surface area contributed by atoms with Crippen LogP contribution < -0.4 is 14.4 Å². The molecule has 0 saturated carbocycles. The standard InChI is InChI=1S/C24H24N2O4S/c1-17-7-3-6-10-23(17)30-18(2)24(27)25-20-11-13-21(14-12-20)31(28,29)26-16-15-19-8-4-5-9-22(19)26/h3-14,18H,15-16H2,1-2H3,(H,25,27)/t18-/m1/s1. The van der Waals surface area contributed by atoms with Crippen LogP contribution in [0.5, 0.6) is 5.75 Å². The van der Waals surface area contributed by atoms with Gasteiger partial charge in [-0.1, -0.05) is 36.4 Å². The molecule has 0 saturated heterocycles. The van der Waals surface area contributed by atoms with Crippen LogP contribution in [0.4, 0.5) is 11.4 Å². The summed E-state index contributed by atoms with van der Waals surface area (Å²) in [6.07, 6.45) is -0.00639. The number of fused-ring (bicyclic) bond motifs is 1. The smallest absolute Gasteiger partial charge is 0.265 e. The van der Waals surface area contributed by atoms with Crippen LogP contribution in [0.25, 0.3) is 0 Å². The molecule has 0 fully saturated rings. The topological polar surface area (TPSA) is 75.7 Å². The summed E-state index contributed by atoms with van der Waals surface area (Å²) in [6.45, 7) is 4.01. The molecule has 0 spiro atoms. The molecule has 1 heterocycles. The molecular formula is C24H24N2O4S. The number of amides is 1. The molecule has 3 aromatic rings. The normalized spacial score (nSPS) is 14.1. The van der Waals surface area contributed by atoms with E-state index < -0.39 is 16.1 Å². The van der Waals surface area contributed by atoms with Gasteiger partial charge in [0.1, 0.15) is 5.75 Å². The Morgan fingerprint density at radius 2 is 1.68 bits per heavy atom. The minimum Gasteiger partial charge on any atom is -0.481 e. The molecule has 3 aromatic carbocycles. The summed E-state index contributed by atoms with van der Waals surface area (Å²) in [6, 6.07) is 21.2. The summed E-state index contributed by atoms with van der Waals surface area (Å²) in [5.74, 6) is 0.338. The van der Waals surface area contributed by atoms with E-state index in [9.17, 15) is 13.2 Å². The SMILES string of the molecule is Cc1ccccc1O[C@H](C)C(=O)Nc1ccc(S(=O)(=O)N2CCc3ccccc32)cc1. The molecule has 1 N–H and O–H groups in total. The van der Waals surface area contributed by atoms with Crippen LogP contribution in [0.1, 0.15) is 18.1 Å². The largest absolute Gasteiger partial charge is 0.481 e. The predicted octanol–water partition coefficient (Wildman–Crippen LogP) is 4.15. The minimum absolute atomic E-state index is 0.186. The lowest BCUT2D eigenvalue weighted by molar-refractivity contribution is -0.122. The van der Waals surface area contributed by atoms with E-state index >= 15 is 0 Å². The number of nitrogens with zero attached hydrogens (tertiary/aromatic N) is 1. The van der Waals surface area contributed by atoms with Crippen molar-refractivity contribution in [1.29, 1.82) is 0 Å². The van der Waals surface area contributed by atoms with Gasteiger partial charge in [0.25, 0.3) is 15.9 Å². The second-order valence-electron chi connectivity index (χ2n) is 7.50. The van der Waals surface area contributed by atoms with E-state index in [4.69, 9.17) is 4.74 Å². The fraction of sp³-hybridized carbons (Fsp3) is 0.208. The number of carbonyl (C=O) groups is 1. The van der Waals surface area contributed by atoms with Gasteiger partial charge < -0.3 is 10.1 Å². The molecule has 7 heteroatoms. The molecule has 31 heavy (non-hydrogen) atoms. The Bertz CT molecular complexity index is 1210. The summed E-state index contributed by atoms with van der Waals surface area (Å²) in [7, 11) is -3.66. The van der Waals surface area contributed by atoms with Gasteiger partial charge in [-0.3, -0.25) is 9.10 Å². The van der Waals surface area contributed by atoms with Crippen LogP contribution in [0, 0.1) is 6.92 Å². The van der Waals surface area contributed by atoms with Crippen molar-refractivity contribution in [2.75, 3.05) is 16.2 Å². The van der Waals surface area contributed by atoms with Crippen molar-refractivity contribution in [3.8, 4) is 5.75 Å². The van der Waals surface area contributed by atoms with E-state index in [-0.39, 0.29) is 10.8 Å². The number of rotatable bonds is 6. The third kappa shape index (κ3) is 4.27. The van der Waals surface area contributed by atoms with Gasteiger partial charge in [0.05, 0.1) is 10.6 Å². The van der Waals surface area contributed by atoms with Crippen LogP contribution >= 0.6 is 0 Å². The number of aryl methyl sites for hydroxylation is 1. The molecule has 0 unspecified atom stereocenters. The number of para-hydroxylation sites is 2. The van der Waals surface area contributed by atoms with Gasteiger partial charge in [0, 0.05) is 12.2 Å². The van der Waals surface area contributed by atoms with Crippen LogP contribution in [0.15, 0.2) is 77.7 Å². The van der Waals surface area contributed by atoms with Gasteiger partial charge in [0.2, 0.25) is 0 Å². The first kappa shape index (κ1) is 20.9. The monoisotopic (exact) mass is 436 g/mol. The molecule has 6 nitrogen and oxygen atoms in total. The third-order valence-corrected chi connectivity index (χ3v) is 7.15. The van der Waals surface area contributed by atoms with Gasteiger partial charge >= 0.3 is 0 Å². The van der Waals surface area contributed by atoms with Gasteiger partial charge in [-0.15, -0.1) is 0 Å². The van der Waals surface area contributed by atoms with E-state index in [1.165, 1.54) is 16.4 Å². The Balaban J connectivity index is 1.45. The van der Waals surface area contributed by atoms with E-state index in [1.54, 1.807) is 19.1 Å². The molecule has 160 valence electrons. The van der Waals surface area contributed by atoms with Crippen molar-refractivity contribution in [1.82, 2.24) is 0 Å². The Hall–Kier alpha value is -3.32. The summed E-state index contributed by atoms with van der Waals surface area (Å²) < 4.78 is 33.4. The number of anilines is 2. The number of nitrogens with one attached hydrogen (secondary N) is 1. The second kappa shape index (κ2) is 8.43. The molecule has 0 radical (unpaired) electrons. The molecule has 1 aliphatic heterocycles. The van der Waals surface area contributed by atoms with Gasteiger partial charge in [-0.2, -0.15) is 0 Å². The zero-order valence-corrected chi connectivity index (χ0v) is 18.2. The first-order valence-electron chi connectivity index (χ1n) is 10.1. The summed E-state index contributed by atoms with van der Waals surface area (Å²) in [5, 5.41) is 2.77. The Labute approximate surface area is 182 Å². The van der Waals surface area contributed by atoms with Crippen LogP contribution in [-0.2, 0) is 21.2 Å².